The Morgan fingerprint density at radius 3 is 2.08 bits per heavy atom. The Morgan fingerprint density at radius 2 is 1.53 bits per heavy atom. The highest BCUT2D eigenvalue weighted by Gasteiger charge is 2.37. The monoisotopic (exact) mass is 702 g/mol. The number of amides is 3. The summed E-state index contributed by atoms with van der Waals surface area (Å²) >= 11 is 0. The van der Waals surface area contributed by atoms with Crippen molar-refractivity contribution in [1.29, 1.82) is 0 Å². The molecule has 3 amide bonds. The van der Waals surface area contributed by atoms with Crippen LogP contribution in [0.1, 0.15) is 58.6 Å². The zero-order chi connectivity index (χ0) is 36.6. The van der Waals surface area contributed by atoms with Gasteiger partial charge in [0, 0.05) is 19.2 Å². The molecule has 3 atom stereocenters. The summed E-state index contributed by atoms with van der Waals surface area (Å²) in [4.78, 5) is 37.6. The third-order valence-corrected chi connectivity index (χ3v) is 13.1. The molecule has 2 aromatic rings. The molecule has 0 heterocycles. The van der Waals surface area contributed by atoms with Crippen LogP contribution in [0.5, 0.6) is 17.2 Å². The van der Waals surface area contributed by atoms with Gasteiger partial charge in [0.2, 0.25) is 5.91 Å². The number of aldehydes is 1. The van der Waals surface area contributed by atoms with Crippen molar-refractivity contribution < 1.29 is 38.1 Å². The predicted octanol–water partition coefficient (Wildman–Crippen LogP) is 4.54. The van der Waals surface area contributed by atoms with Crippen molar-refractivity contribution >= 4 is 26.5 Å². The lowest BCUT2D eigenvalue weighted by Crippen LogP contribution is -2.55. The Labute approximate surface area is 293 Å². The van der Waals surface area contributed by atoms with Gasteiger partial charge >= 0.3 is 6.03 Å². The number of aliphatic hydroxyl groups excluding tert-OH is 1. The first-order valence-electron chi connectivity index (χ1n) is 16.8. The standard InChI is InChI=1S/C36H58N4O8Si/c1-25(2)18-32(34(43)39-31(33(42)24-41)14-15-37-22-27-19-29(45-6)21-30(20-27)46-7)40-35(44)38-23-26-10-12-28(13-11-26)47-16-17-48-49(8,9)36(3,4)5/h10-13,19-21,24-25,31-33,37,42H,14-18,22-23H2,1-9H3,(H,39,43)(H2,38,40,44)/t31?,32-,33+/m0/s1. The van der Waals surface area contributed by atoms with Gasteiger partial charge in [-0.25, -0.2) is 4.79 Å². The number of rotatable bonds is 21. The maximum atomic E-state index is 13.3. The number of hydrogen-bond donors (Lipinski definition) is 5. The van der Waals surface area contributed by atoms with Crippen LogP contribution in [0.2, 0.25) is 18.1 Å². The summed E-state index contributed by atoms with van der Waals surface area (Å²) in [5.74, 6) is 1.64. The molecule has 0 fully saturated rings. The van der Waals surface area contributed by atoms with Crippen LogP contribution >= 0.6 is 0 Å². The van der Waals surface area contributed by atoms with Gasteiger partial charge in [-0.3, -0.25) is 4.79 Å². The molecular weight excluding hydrogens is 645 g/mol. The molecule has 0 radical (unpaired) electrons. The van der Waals surface area contributed by atoms with Crippen molar-refractivity contribution in [1.82, 2.24) is 21.3 Å². The van der Waals surface area contributed by atoms with Crippen LogP contribution < -0.4 is 35.5 Å². The lowest BCUT2D eigenvalue weighted by molar-refractivity contribution is -0.126. The van der Waals surface area contributed by atoms with E-state index in [1.165, 1.54) is 0 Å². The molecule has 12 nitrogen and oxygen atoms in total. The zero-order valence-electron chi connectivity index (χ0n) is 30.7. The Balaban J connectivity index is 1.88. The summed E-state index contributed by atoms with van der Waals surface area (Å²) in [6.45, 7) is 17.0. The Bertz CT molecular complexity index is 1290. The normalized spacial score (nSPS) is 13.6. The second kappa shape index (κ2) is 20.1. The smallest absolute Gasteiger partial charge is 0.315 e. The van der Waals surface area contributed by atoms with Crippen molar-refractivity contribution in [2.24, 2.45) is 5.92 Å². The largest absolute Gasteiger partial charge is 0.497 e. The van der Waals surface area contributed by atoms with Gasteiger partial charge in [0.25, 0.3) is 0 Å². The molecule has 5 N–H and O–H groups in total. The molecule has 1 unspecified atom stereocenters. The summed E-state index contributed by atoms with van der Waals surface area (Å²) in [6, 6.07) is 10.7. The molecular formula is C36H58N4O8Si. The van der Waals surface area contributed by atoms with E-state index in [9.17, 15) is 19.5 Å². The molecule has 274 valence electrons. The molecule has 0 aliphatic rings. The number of nitrogens with one attached hydrogen (secondary N) is 4. The van der Waals surface area contributed by atoms with Gasteiger partial charge in [-0.2, -0.15) is 0 Å². The fraction of sp³-hybridized carbons (Fsp3) is 0.583. The summed E-state index contributed by atoms with van der Waals surface area (Å²) in [5, 5.41) is 22.1. The summed E-state index contributed by atoms with van der Waals surface area (Å²) in [5.41, 5.74) is 1.78. The van der Waals surface area contributed by atoms with Crippen molar-refractivity contribution in [2.45, 2.75) is 96.9 Å². The molecule has 0 saturated carbocycles. The summed E-state index contributed by atoms with van der Waals surface area (Å²) in [7, 11) is 1.33. The van der Waals surface area contributed by atoms with E-state index in [1.54, 1.807) is 20.3 Å². The number of urea groups is 1. The Hall–Kier alpha value is -3.65. The van der Waals surface area contributed by atoms with Crippen LogP contribution in [0.3, 0.4) is 0 Å². The highest BCUT2D eigenvalue weighted by atomic mass is 28.4. The van der Waals surface area contributed by atoms with Gasteiger partial charge in [0.15, 0.2) is 14.6 Å². The van der Waals surface area contributed by atoms with Gasteiger partial charge < -0.3 is 49.8 Å². The summed E-state index contributed by atoms with van der Waals surface area (Å²) < 4.78 is 22.6. The number of hydrogen-bond acceptors (Lipinski definition) is 9. The molecule has 49 heavy (non-hydrogen) atoms. The first-order chi connectivity index (χ1) is 23.1. The molecule has 0 aromatic heterocycles. The minimum Gasteiger partial charge on any atom is -0.497 e. The molecule has 0 aliphatic heterocycles. The SMILES string of the molecule is COc1cc(CNCCC(NC(=O)[C@H](CC(C)C)NC(=O)NCc2ccc(OCCO[Si](C)(C)C(C)(C)C)cc2)[C@H](O)C=O)cc(OC)c1. The zero-order valence-corrected chi connectivity index (χ0v) is 31.7. The molecule has 0 bridgehead atoms. The van der Waals surface area contributed by atoms with E-state index in [1.807, 2.05) is 50.2 Å². The van der Waals surface area contributed by atoms with E-state index in [0.29, 0.717) is 56.3 Å². The van der Waals surface area contributed by atoms with E-state index < -0.39 is 38.4 Å². The van der Waals surface area contributed by atoms with E-state index in [2.05, 4.69) is 55.1 Å². The maximum Gasteiger partial charge on any atom is 0.315 e. The third kappa shape index (κ3) is 14.8. The number of ether oxygens (including phenoxy) is 3. The fourth-order valence-corrected chi connectivity index (χ4v) is 5.66. The number of methoxy groups -OCH3 is 2. The second-order valence-corrected chi connectivity index (χ2v) is 18.8. The number of carbonyl (C=O) groups excluding carboxylic acids is 3. The van der Waals surface area contributed by atoms with E-state index >= 15 is 0 Å². The average Bonchev–Trinajstić information content (AvgIpc) is 3.05. The number of benzene rings is 2. The van der Waals surface area contributed by atoms with Crippen molar-refractivity contribution in [3.8, 4) is 17.2 Å². The van der Waals surface area contributed by atoms with Gasteiger partial charge in [0.05, 0.1) is 26.9 Å². The van der Waals surface area contributed by atoms with Crippen molar-refractivity contribution in [3.63, 3.8) is 0 Å². The van der Waals surface area contributed by atoms with Crippen molar-refractivity contribution in [2.75, 3.05) is 34.0 Å². The second-order valence-electron chi connectivity index (χ2n) is 14.0. The fourth-order valence-electron chi connectivity index (χ4n) is 4.64. The van der Waals surface area contributed by atoms with Gasteiger partial charge in [-0.05, 0) is 78.8 Å². The third-order valence-electron chi connectivity index (χ3n) is 8.58. The predicted molar refractivity (Wildman–Crippen MR) is 194 cm³/mol. The lowest BCUT2D eigenvalue weighted by Gasteiger charge is -2.36. The molecule has 0 spiro atoms. The van der Waals surface area contributed by atoms with Gasteiger partial charge in [-0.15, -0.1) is 0 Å². The Morgan fingerprint density at radius 1 is 0.898 bits per heavy atom. The molecule has 2 rings (SSSR count). The minimum absolute atomic E-state index is 0.0897. The van der Waals surface area contributed by atoms with E-state index in [4.69, 9.17) is 18.6 Å². The molecule has 0 aliphatic carbocycles. The van der Waals surface area contributed by atoms with Crippen LogP contribution in [0.15, 0.2) is 42.5 Å². The topological polar surface area (TPSA) is 156 Å². The van der Waals surface area contributed by atoms with Crippen LogP contribution in [0.25, 0.3) is 0 Å². The van der Waals surface area contributed by atoms with Crippen LogP contribution in [-0.2, 0) is 27.1 Å². The van der Waals surface area contributed by atoms with Crippen LogP contribution in [0.4, 0.5) is 4.79 Å². The minimum atomic E-state index is -1.83. The quantitative estimate of drug-likeness (QED) is 0.0716. The van der Waals surface area contributed by atoms with E-state index in [0.717, 1.165) is 11.1 Å². The van der Waals surface area contributed by atoms with Crippen LogP contribution in [0, 0.1) is 5.92 Å². The van der Waals surface area contributed by atoms with Gasteiger partial charge in [0.1, 0.15) is 36.0 Å². The maximum absolute atomic E-state index is 13.3. The summed E-state index contributed by atoms with van der Waals surface area (Å²) in [6.07, 6.45) is -0.372. The first kappa shape index (κ1) is 41.5. The molecule has 0 saturated heterocycles. The lowest BCUT2D eigenvalue weighted by atomic mass is 10.0. The highest BCUT2D eigenvalue weighted by Crippen LogP contribution is 2.36. The van der Waals surface area contributed by atoms with Crippen molar-refractivity contribution in [3.05, 3.63) is 53.6 Å². The highest BCUT2D eigenvalue weighted by molar-refractivity contribution is 6.74. The molecule has 2 aromatic carbocycles. The van der Waals surface area contributed by atoms with Gasteiger partial charge in [-0.1, -0.05) is 46.8 Å². The number of aliphatic hydroxyl groups is 1. The Kier molecular flexibility index (Phi) is 17.1. The van der Waals surface area contributed by atoms with Crippen LogP contribution in [-0.4, -0.2) is 83.8 Å². The average molecular weight is 703 g/mol. The van der Waals surface area contributed by atoms with E-state index in [-0.39, 0.29) is 23.9 Å². The number of carbonyl (C=O) groups is 3. The first-order valence-corrected chi connectivity index (χ1v) is 19.8. The molecule has 13 heteroatoms.